The minimum absolute atomic E-state index is 0.00711. The van der Waals surface area contributed by atoms with Gasteiger partial charge in [-0.15, -0.1) is 0 Å². The second-order valence-corrected chi connectivity index (χ2v) is 8.99. The number of fused-ring (bicyclic) bond motifs is 2. The van der Waals surface area contributed by atoms with Gasteiger partial charge in [-0.25, -0.2) is 4.79 Å². The van der Waals surface area contributed by atoms with Crippen LogP contribution >= 0.6 is 11.6 Å². The molecule has 7 heteroatoms. The number of aryl methyl sites for hydroxylation is 3. The highest BCUT2D eigenvalue weighted by Gasteiger charge is 2.31. The topological polar surface area (TPSA) is 98.5 Å². The van der Waals surface area contributed by atoms with Gasteiger partial charge >= 0.3 is 5.97 Å². The second kappa shape index (κ2) is 8.53. The molecule has 6 nitrogen and oxygen atoms in total. The van der Waals surface area contributed by atoms with Crippen LogP contribution in [0.2, 0.25) is 5.02 Å². The molecule has 0 aliphatic carbocycles. The number of esters is 1. The average Bonchev–Trinajstić information content (AvgIpc) is 3.13. The number of ether oxygens (including phenoxy) is 2. The van der Waals surface area contributed by atoms with Crippen LogP contribution in [0.3, 0.4) is 0 Å². The van der Waals surface area contributed by atoms with Gasteiger partial charge < -0.3 is 19.6 Å². The van der Waals surface area contributed by atoms with Crippen LogP contribution in [0.1, 0.15) is 44.3 Å². The fraction of sp³-hybridized carbons (Fsp3) is 0.143. The molecule has 3 aromatic carbocycles. The van der Waals surface area contributed by atoms with Crippen molar-refractivity contribution in [2.75, 3.05) is 0 Å². The Kier molecular flexibility index (Phi) is 5.50. The summed E-state index contributed by atoms with van der Waals surface area (Å²) in [5, 5.41) is 11.1. The zero-order valence-electron chi connectivity index (χ0n) is 19.3. The van der Waals surface area contributed by atoms with Crippen molar-refractivity contribution in [3.05, 3.63) is 105 Å². The van der Waals surface area contributed by atoms with Crippen LogP contribution in [0.5, 0.6) is 11.5 Å². The number of allylic oxidation sites excluding steroid dienone is 1. The molecule has 2 N–H and O–H groups in total. The number of rotatable bonds is 3. The van der Waals surface area contributed by atoms with Gasteiger partial charge in [-0.3, -0.25) is 0 Å². The van der Waals surface area contributed by atoms with E-state index < -0.39 is 11.9 Å². The van der Waals surface area contributed by atoms with E-state index >= 15 is 0 Å². The van der Waals surface area contributed by atoms with Gasteiger partial charge in [-0.1, -0.05) is 29.8 Å². The molecule has 0 saturated carbocycles. The van der Waals surface area contributed by atoms with Crippen molar-refractivity contribution in [2.45, 2.75) is 26.7 Å². The molecule has 1 unspecified atom stereocenters. The molecule has 0 saturated heterocycles. The Hall–Kier alpha value is -4.21. The van der Waals surface area contributed by atoms with Crippen LogP contribution < -0.4 is 15.2 Å². The Bertz CT molecular complexity index is 1590. The Morgan fingerprint density at radius 3 is 2.60 bits per heavy atom. The molecule has 35 heavy (non-hydrogen) atoms. The molecule has 4 aromatic rings. The lowest BCUT2D eigenvalue weighted by molar-refractivity contribution is 0.0702. The van der Waals surface area contributed by atoms with Gasteiger partial charge in [0.1, 0.15) is 28.7 Å². The summed E-state index contributed by atoms with van der Waals surface area (Å²) in [7, 11) is 0. The molecule has 0 radical (unpaired) electrons. The molecule has 174 valence electrons. The van der Waals surface area contributed by atoms with E-state index in [1.54, 1.807) is 30.3 Å². The number of carbonyl (C=O) groups is 1. The number of nitrogens with two attached hydrogens (primary N) is 1. The predicted molar refractivity (Wildman–Crippen MR) is 133 cm³/mol. The van der Waals surface area contributed by atoms with Gasteiger partial charge in [0, 0.05) is 27.6 Å². The maximum atomic E-state index is 13.0. The molecule has 5 rings (SSSR count). The minimum atomic E-state index is -0.614. The number of furan rings is 1. The summed E-state index contributed by atoms with van der Waals surface area (Å²) in [6.07, 6.45) is 0. The van der Waals surface area contributed by atoms with Crippen molar-refractivity contribution in [3.8, 4) is 17.6 Å². The van der Waals surface area contributed by atoms with Gasteiger partial charge in [0.2, 0.25) is 11.6 Å². The number of nitriles is 1. The highest BCUT2D eigenvalue weighted by atomic mass is 35.5. The maximum Gasteiger partial charge on any atom is 0.379 e. The van der Waals surface area contributed by atoms with E-state index in [9.17, 15) is 10.1 Å². The first kappa shape index (κ1) is 22.6. The number of hydrogen-bond donors (Lipinski definition) is 1. The molecular weight excluding hydrogens is 464 g/mol. The van der Waals surface area contributed by atoms with E-state index in [0.29, 0.717) is 27.5 Å². The highest BCUT2D eigenvalue weighted by molar-refractivity contribution is 6.30. The van der Waals surface area contributed by atoms with Crippen LogP contribution in [0.15, 0.2) is 70.5 Å². The molecule has 1 atom stereocenters. The summed E-state index contributed by atoms with van der Waals surface area (Å²) >= 11 is 6.19. The zero-order chi connectivity index (χ0) is 24.9. The third-order valence-corrected chi connectivity index (χ3v) is 6.56. The maximum absolute atomic E-state index is 13.0. The van der Waals surface area contributed by atoms with Crippen LogP contribution in [0.25, 0.3) is 11.0 Å². The van der Waals surface area contributed by atoms with Gasteiger partial charge in [-0.05, 0) is 67.8 Å². The summed E-state index contributed by atoms with van der Waals surface area (Å²) < 4.78 is 17.2. The Morgan fingerprint density at radius 1 is 1.09 bits per heavy atom. The monoisotopic (exact) mass is 484 g/mol. The van der Waals surface area contributed by atoms with E-state index in [1.807, 2.05) is 45.0 Å². The van der Waals surface area contributed by atoms with Gasteiger partial charge in [0.15, 0.2) is 0 Å². The van der Waals surface area contributed by atoms with E-state index in [1.165, 1.54) is 0 Å². The summed E-state index contributed by atoms with van der Waals surface area (Å²) in [5.74, 6) is -0.281. The van der Waals surface area contributed by atoms with E-state index in [-0.39, 0.29) is 23.0 Å². The molecule has 1 aliphatic rings. The van der Waals surface area contributed by atoms with Crippen molar-refractivity contribution in [1.29, 1.82) is 5.26 Å². The quantitative estimate of drug-likeness (QED) is 0.265. The van der Waals surface area contributed by atoms with Crippen LogP contribution in [0, 0.1) is 32.1 Å². The Labute approximate surface area is 207 Å². The lowest BCUT2D eigenvalue weighted by atomic mass is 9.83. The molecule has 0 spiro atoms. The zero-order valence-corrected chi connectivity index (χ0v) is 20.1. The molecule has 1 aliphatic heterocycles. The lowest BCUT2D eigenvalue weighted by Gasteiger charge is -2.26. The van der Waals surface area contributed by atoms with Crippen LogP contribution in [-0.4, -0.2) is 5.97 Å². The third-order valence-electron chi connectivity index (χ3n) is 6.32. The smallest absolute Gasteiger partial charge is 0.379 e. The number of hydrogen-bond acceptors (Lipinski definition) is 6. The van der Waals surface area contributed by atoms with E-state index in [0.717, 1.165) is 22.1 Å². The van der Waals surface area contributed by atoms with Crippen molar-refractivity contribution >= 4 is 28.5 Å². The van der Waals surface area contributed by atoms with Crippen LogP contribution in [0.4, 0.5) is 0 Å². The largest absolute Gasteiger partial charge is 0.449 e. The summed E-state index contributed by atoms with van der Waals surface area (Å²) in [5.41, 5.74) is 11.4. The lowest BCUT2D eigenvalue weighted by Crippen LogP contribution is -2.21. The standard InChI is InChI=1S/C28H21ClN2O4/c1-14-9-21-16(3)26(34-23(21)10-15(14)2)28(32)33-19-7-8-20-24(12-19)35-27(31)22(13-30)25(20)17-5-4-6-18(29)11-17/h4-12,25H,31H2,1-3H3. The molecular formula is C28H21ClN2O4. The van der Waals surface area contributed by atoms with Crippen LogP contribution in [-0.2, 0) is 0 Å². The van der Waals surface area contributed by atoms with E-state index in [2.05, 4.69) is 6.07 Å². The minimum Gasteiger partial charge on any atom is -0.449 e. The van der Waals surface area contributed by atoms with Crippen molar-refractivity contribution < 1.29 is 18.7 Å². The predicted octanol–water partition coefficient (Wildman–Crippen LogP) is 6.45. The van der Waals surface area contributed by atoms with Gasteiger partial charge in [0.25, 0.3) is 0 Å². The van der Waals surface area contributed by atoms with Crippen molar-refractivity contribution in [1.82, 2.24) is 0 Å². The molecule has 2 heterocycles. The molecule has 1 aromatic heterocycles. The molecule has 0 fully saturated rings. The van der Waals surface area contributed by atoms with Crippen molar-refractivity contribution in [3.63, 3.8) is 0 Å². The molecule has 0 amide bonds. The first-order valence-corrected chi connectivity index (χ1v) is 11.3. The third kappa shape index (κ3) is 3.90. The first-order valence-electron chi connectivity index (χ1n) is 11.0. The highest BCUT2D eigenvalue weighted by Crippen LogP contribution is 2.44. The molecule has 0 bridgehead atoms. The number of benzene rings is 3. The number of halogens is 1. The Morgan fingerprint density at radius 2 is 1.86 bits per heavy atom. The SMILES string of the molecule is Cc1cc2oc(C(=O)Oc3ccc4c(c3)OC(N)=C(C#N)C4c3cccc(Cl)c3)c(C)c2cc1C. The summed E-state index contributed by atoms with van der Waals surface area (Å²) in [6, 6.07) is 18.3. The average molecular weight is 485 g/mol. The van der Waals surface area contributed by atoms with E-state index in [4.69, 9.17) is 31.2 Å². The fourth-order valence-electron chi connectivity index (χ4n) is 4.35. The summed E-state index contributed by atoms with van der Waals surface area (Å²) in [4.78, 5) is 13.0. The second-order valence-electron chi connectivity index (χ2n) is 8.56. The number of carbonyl (C=O) groups excluding carboxylic acids is 1. The fourth-order valence-corrected chi connectivity index (χ4v) is 4.55. The van der Waals surface area contributed by atoms with Gasteiger partial charge in [-0.2, -0.15) is 5.26 Å². The first-order chi connectivity index (χ1) is 16.8. The number of nitrogens with zero attached hydrogens (tertiary/aromatic N) is 1. The normalized spacial score (nSPS) is 14.9. The van der Waals surface area contributed by atoms with Crippen molar-refractivity contribution in [2.24, 2.45) is 5.73 Å². The summed E-state index contributed by atoms with van der Waals surface area (Å²) in [6.45, 7) is 5.84. The van der Waals surface area contributed by atoms with Gasteiger partial charge in [0.05, 0.1) is 5.92 Å². The Balaban J connectivity index is 1.50.